The molecule has 2 N–H and O–H groups in total. The molecule has 4 amide bonds. The molecule has 1 heterocycles. The molecule has 3 aliphatic rings. The molecular formula is C28H35N3O6. The highest BCUT2D eigenvalue weighted by Gasteiger charge is 2.59. The number of imide groups is 1. The van der Waals surface area contributed by atoms with Crippen LogP contribution in [-0.4, -0.2) is 59.7 Å². The van der Waals surface area contributed by atoms with Gasteiger partial charge in [-0.25, -0.2) is 4.79 Å². The van der Waals surface area contributed by atoms with Crippen LogP contribution >= 0.6 is 0 Å². The van der Waals surface area contributed by atoms with Gasteiger partial charge in [-0.05, 0) is 43.1 Å². The Kier molecular flexibility index (Phi) is 8.10. The number of rotatable bonds is 11. The number of hydrogen-bond donors (Lipinski definition) is 2. The van der Waals surface area contributed by atoms with E-state index in [1.165, 1.54) is 0 Å². The molecule has 1 saturated carbocycles. The van der Waals surface area contributed by atoms with Crippen LogP contribution in [0.2, 0.25) is 0 Å². The van der Waals surface area contributed by atoms with Gasteiger partial charge in [-0.1, -0.05) is 56.3 Å². The van der Waals surface area contributed by atoms with Gasteiger partial charge in [0.2, 0.25) is 23.6 Å². The van der Waals surface area contributed by atoms with Gasteiger partial charge in [-0.15, -0.1) is 0 Å². The Balaban J connectivity index is 1.41. The van der Waals surface area contributed by atoms with Crippen LogP contribution < -0.4 is 10.6 Å². The zero-order chi connectivity index (χ0) is 26.7. The monoisotopic (exact) mass is 509 g/mol. The molecule has 2 aliphatic carbocycles. The molecule has 2 fully saturated rings. The predicted molar refractivity (Wildman–Crippen MR) is 135 cm³/mol. The van der Waals surface area contributed by atoms with E-state index in [9.17, 15) is 24.0 Å². The second-order valence-corrected chi connectivity index (χ2v) is 10.5. The Morgan fingerprint density at radius 2 is 1.59 bits per heavy atom. The minimum atomic E-state index is -0.939. The first-order chi connectivity index (χ1) is 17.7. The molecule has 1 aromatic carbocycles. The molecule has 1 aliphatic heterocycles. The van der Waals surface area contributed by atoms with Gasteiger partial charge in [-0.2, -0.15) is 0 Å². The van der Waals surface area contributed by atoms with Gasteiger partial charge in [0, 0.05) is 6.42 Å². The van der Waals surface area contributed by atoms with Crippen LogP contribution in [0.15, 0.2) is 42.5 Å². The average Bonchev–Trinajstić information content (AvgIpc) is 3.54. The molecule has 37 heavy (non-hydrogen) atoms. The summed E-state index contributed by atoms with van der Waals surface area (Å²) in [6.07, 6.45) is 5.37. The highest BCUT2D eigenvalue weighted by Crippen LogP contribution is 2.52. The number of nitrogens with zero attached hydrogens (tertiary/aromatic N) is 1. The zero-order valence-electron chi connectivity index (χ0n) is 21.5. The number of esters is 1. The van der Waals surface area contributed by atoms with Crippen LogP contribution in [0.5, 0.6) is 0 Å². The SMILES string of the molecule is CCOC(=O)[C@H](Cc1ccccc1)NC(=O)[C@H](CC(C)C)NC(=O)CN1C(=O)[C@@H]2[C@H](C1=O)[C@H]1C=C[C@@H]2C1. The van der Waals surface area contributed by atoms with Crippen molar-refractivity contribution < 1.29 is 28.7 Å². The summed E-state index contributed by atoms with van der Waals surface area (Å²) in [4.78, 5) is 65.7. The smallest absolute Gasteiger partial charge is 0.328 e. The third-order valence-corrected chi connectivity index (χ3v) is 7.39. The van der Waals surface area contributed by atoms with Gasteiger partial charge in [0.15, 0.2) is 0 Å². The predicted octanol–water partition coefficient (Wildman–Crippen LogP) is 1.62. The Labute approximate surface area is 217 Å². The molecule has 1 aromatic rings. The summed E-state index contributed by atoms with van der Waals surface area (Å²) in [6, 6.07) is 7.39. The van der Waals surface area contributed by atoms with Crippen molar-refractivity contribution in [1.82, 2.24) is 15.5 Å². The van der Waals surface area contributed by atoms with Gasteiger partial charge < -0.3 is 15.4 Å². The fraction of sp³-hybridized carbons (Fsp3) is 0.536. The topological polar surface area (TPSA) is 122 Å². The fourth-order valence-corrected chi connectivity index (χ4v) is 5.76. The minimum absolute atomic E-state index is 0.0577. The lowest BCUT2D eigenvalue weighted by Crippen LogP contribution is -2.54. The number of ether oxygens (including phenoxy) is 1. The van der Waals surface area contributed by atoms with Gasteiger partial charge in [-0.3, -0.25) is 24.1 Å². The summed E-state index contributed by atoms with van der Waals surface area (Å²) >= 11 is 0. The number of benzene rings is 1. The Morgan fingerprint density at radius 3 is 2.16 bits per heavy atom. The van der Waals surface area contributed by atoms with Crippen LogP contribution in [0, 0.1) is 29.6 Å². The summed E-state index contributed by atoms with van der Waals surface area (Å²) in [7, 11) is 0. The summed E-state index contributed by atoms with van der Waals surface area (Å²) in [6.45, 7) is 5.27. The van der Waals surface area contributed by atoms with E-state index >= 15 is 0 Å². The van der Waals surface area contributed by atoms with Crippen LogP contribution in [-0.2, 0) is 35.1 Å². The lowest BCUT2D eigenvalue weighted by molar-refractivity contribution is -0.148. The zero-order valence-corrected chi connectivity index (χ0v) is 21.5. The van der Waals surface area contributed by atoms with E-state index in [1.807, 2.05) is 56.3 Å². The van der Waals surface area contributed by atoms with Crippen LogP contribution in [0.4, 0.5) is 0 Å². The van der Waals surface area contributed by atoms with E-state index in [2.05, 4.69) is 10.6 Å². The van der Waals surface area contributed by atoms with Crippen molar-refractivity contribution in [3.63, 3.8) is 0 Å². The van der Waals surface area contributed by atoms with E-state index in [0.29, 0.717) is 6.42 Å². The van der Waals surface area contributed by atoms with Crippen molar-refractivity contribution in [3.8, 4) is 0 Å². The molecule has 6 atom stereocenters. The summed E-state index contributed by atoms with van der Waals surface area (Å²) in [5.41, 5.74) is 0.852. The van der Waals surface area contributed by atoms with Crippen LogP contribution in [0.25, 0.3) is 0 Å². The molecule has 0 aromatic heterocycles. The van der Waals surface area contributed by atoms with Gasteiger partial charge in [0.05, 0.1) is 18.4 Å². The third kappa shape index (κ3) is 5.76. The van der Waals surface area contributed by atoms with Crippen molar-refractivity contribution in [2.24, 2.45) is 29.6 Å². The number of nitrogens with one attached hydrogen (secondary N) is 2. The minimum Gasteiger partial charge on any atom is -0.464 e. The molecule has 198 valence electrons. The number of likely N-dealkylation sites (tertiary alicyclic amines) is 1. The molecule has 9 heteroatoms. The van der Waals surface area contributed by atoms with Crippen molar-refractivity contribution in [3.05, 3.63) is 48.0 Å². The second-order valence-electron chi connectivity index (χ2n) is 10.5. The molecule has 0 unspecified atom stereocenters. The van der Waals surface area contributed by atoms with Crippen LogP contribution in [0.3, 0.4) is 0 Å². The van der Waals surface area contributed by atoms with Gasteiger partial charge >= 0.3 is 5.97 Å². The number of carbonyl (C=O) groups excluding carboxylic acids is 5. The summed E-state index contributed by atoms with van der Waals surface area (Å²) in [5.74, 6) is -2.87. The number of carbonyl (C=O) groups is 5. The summed E-state index contributed by atoms with van der Waals surface area (Å²) in [5, 5.41) is 5.44. The second kappa shape index (κ2) is 11.3. The van der Waals surface area contributed by atoms with Gasteiger partial charge in [0.1, 0.15) is 18.6 Å². The van der Waals surface area contributed by atoms with E-state index in [-0.39, 0.29) is 54.4 Å². The highest BCUT2D eigenvalue weighted by molar-refractivity contribution is 6.08. The summed E-state index contributed by atoms with van der Waals surface area (Å²) < 4.78 is 5.16. The highest BCUT2D eigenvalue weighted by atomic mass is 16.5. The first-order valence-electron chi connectivity index (χ1n) is 13.0. The number of hydrogen-bond acceptors (Lipinski definition) is 6. The first kappa shape index (κ1) is 26.6. The normalized spacial score (nSPS) is 25.2. The Hall–Kier alpha value is -3.49. The van der Waals surface area contributed by atoms with E-state index in [0.717, 1.165) is 16.9 Å². The standard InChI is InChI=1S/C28H35N3O6/c1-4-37-28(36)21(13-17-8-6-5-7-9-17)30-25(33)20(12-16(2)3)29-22(32)15-31-26(34)23-18-10-11-19(14-18)24(23)27(31)35/h5-11,16,18-21,23-24H,4,12-15H2,1-3H3,(H,29,32)(H,30,33)/t18-,19+,20-,21-,23+,24-/m0/s1. The lowest BCUT2D eigenvalue weighted by Gasteiger charge is -2.25. The number of amides is 4. The Bertz CT molecular complexity index is 1050. The molecule has 1 saturated heterocycles. The molecule has 9 nitrogen and oxygen atoms in total. The molecule has 0 radical (unpaired) electrons. The molecule has 0 spiro atoms. The fourth-order valence-electron chi connectivity index (χ4n) is 5.76. The molecule has 2 bridgehead atoms. The maximum atomic E-state index is 13.3. The lowest BCUT2D eigenvalue weighted by atomic mass is 9.85. The number of allylic oxidation sites excluding steroid dienone is 2. The van der Waals surface area contributed by atoms with Crippen molar-refractivity contribution in [1.29, 1.82) is 0 Å². The maximum absolute atomic E-state index is 13.3. The molecular weight excluding hydrogens is 474 g/mol. The molecule has 4 rings (SSSR count). The van der Waals surface area contributed by atoms with Gasteiger partial charge in [0.25, 0.3) is 0 Å². The van der Waals surface area contributed by atoms with Crippen molar-refractivity contribution >= 4 is 29.6 Å². The van der Waals surface area contributed by atoms with Crippen LogP contribution in [0.1, 0.15) is 39.2 Å². The maximum Gasteiger partial charge on any atom is 0.328 e. The van der Waals surface area contributed by atoms with Crippen molar-refractivity contribution in [2.75, 3.05) is 13.2 Å². The van der Waals surface area contributed by atoms with E-state index in [1.54, 1.807) is 6.92 Å². The van der Waals surface area contributed by atoms with E-state index in [4.69, 9.17) is 4.74 Å². The first-order valence-corrected chi connectivity index (χ1v) is 13.0. The Morgan fingerprint density at radius 1 is 0.973 bits per heavy atom. The average molecular weight is 510 g/mol. The third-order valence-electron chi connectivity index (χ3n) is 7.39. The largest absolute Gasteiger partial charge is 0.464 e. The van der Waals surface area contributed by atoms with Crippen molar-refractivity contribution in [2.45, 2.75) is 52.1 Å². The number of fused-ring (bicyclic) bond motifs is 5. The quantitative estimate of drug-likeness (QED) is 0.266. The van der Waals surface area contributed by atoms with E-state index < -0.39 is 36.4 Å².